The van der Waals surface area contributed by atoms with Crippen molar-refractivity contribution in [2.45, 2.75) is 0 Å². The van der Waals surface area contributed by atoms with Crippen LogP contribution in [0.5, 0.6) is 0 Å². The summed E-state index contributed by atoms with van der Waals surface area (Å²) in [5.74, 6) is 0. The summed E-state index contributed by atoms with van der Waals surface area (Å²) < 4.78 is 5.12. The van der Waals surface area contributed by atoms with E-state index in [9.17, 15) is 0 Å². The van der Waals surface area contributed by atoms with Crippen molar-refractivity contribution in [2.24, 2.45) is 0 Å². The van der Waals surface area contributed by atoms with Crippen LogP contribution in [0.1, 0.15) is 0 Å². The molecule has 12 heavy (non-hydrogen) atoms. The first-order chi connectivity index (χ1) is 5.88. The smallest absolute Gasteiger partial charge is 0.464 e. The highest BCUT2D eigenvalue weighted by molar-refractivity contribution is 6.13. The zero-order valence-electron chi connectivity index (χ0n) is 6.34. The molecular formula is C8H8BO3. The van der Waals surface area contributed by atoms with Crippen LogP contribution >= 0.6 is 0 Å². The summed E-state index contributed by atoms with van der Waals surface area (Å²) in [5, 5.41) is 15.2. The zero-order valence-corrected chi connectivity index (χ0v) is 6.34. The van der Waals surface area contributed by atoms with Gasteiger partial charge < -0.3 is 14.5 Å². The molecule has 61 valence electrons. The third-order valence-electron chi connectivity index (χ3n) is 1.36. The second-order valence-corrected chi connectivity index (χ2v) is 2.07. The van der Waals surface area contributed by atoms with Crippen molar-refractivity contribution >= 4 is 18.7 Å². The summed E-state index contributed by atoms with van der Waals surface area (Å²) in [6, 6.07) is 9.90. The van der Waals surface area contributed by atoms with Crippen LogP contribution < -0.4 is 0 Å². The number of para-hydroxylation sites is 1. The number of fused-ring (bicyclic) bond motifs is 1. The molecule has 0 aliphatic rings. The normalized spacial score (nSPS) is 8.83. The minimum Gasteiger partial charge on any atom is -0.464 e. The van der Waals surface area contributed by atoms with Gasteiger partial charge in [0.25, 0.3) is 0 Å². The van der Waals surface area contributed by atoms with E-state index in [4.69, 9.17) is 14.5 Å². The van der Waals surface area contributed by atoms with Crippen LogP contribution in [0.3, 0.4) is 0 Å². The molecule has 1 radical (unpaired) electrons. The molecule has 0 aliphatic carbocycles. The first-order valence-corrected chi connectivity index (χ1v) is 3.41. The number of furan rings is 1. The molecule has 1 aromatic heterocycles. The van der Waals surface area contributed by atoms with Crippen molar-refractivity contribution in [3.05, 3.63) is 36.6 Å². The van der Waals surface area contributed by atoms with Crippen molar-refractivity contribution in [2.75, 3.05) is 0 Å². The van der Waals surface area contributed by atoms with Gasteiger partial charge in [0.2, 0.25) is 0 Å². The quantitative estimate of drug-likeness (QED) is 0.568. The summed E-state index contributed by atoms with van der Waals surface area (Å²) in [6.45, 7) is 0. The molecule has 1 aromatic carbocycles. The van der Waals surface area contributed by atoms with E-state index in [1.165, 1.54) is 0 Å². The maximum atomic E-state index is 7.00. The number of hydrogen-bond donors (Lipinski definition) is 2. The standard InChI is InChI=1S/C8H6O.BH2O2/c1-2-4-8-7(3-1)5-6-9-8;2-1-3/h1-6H;2-3H. The van der Waals surface area contributed by atoms with Gasteiger partial charge in [-0.2, -0.15) is 0 Å². The Kier molecular flexibility index (Phi) is 3.38. The molecule has 0 spiro atoms. The van der Waals surface area contributed by atoms with Gasteiger partial charge in [0.1, 0.15) is 5.58 Å². The Morgan fingerprint density at radius 2 is 1.75 bits per heavy atom. The zero-order chi connectivity index (χ0) is 8.81. The molecule has 4 heteroatoms. The largest absolute Gasteiger partial charge is 0.482 e. The van der Waals surface area contributed by atoms with Crippen LogP contribution in [-0.4, -0.2) is 17.7 Å². The van der Waals surface area contributed by atoms with Crippen molar-refractivity contribution in [3.63, 3.8) is 0 Å². The highest BCUT2D eigenvalue weighted by Gasteiger charge is 1.89. The van der Waals surface area contributed by atoms with Crippen LogP contribution in [-0.2, 0) is 0 Å². The Bertz CT molecular complexity index is 301. The SMILES string of the molecule is O[B]O.c1ccc2occc2c1. The predicted octanol–water partition coefficient (Wildman–Crippen LogP) is 0.938. The van der Waals surface area contributed by atoms with E-state index in [1.54, 1.807) is 6.26 Å². The van der Waals surface area contributed by atoms with E-state index in [2.05, 4.69) is 0 Å². The van der Waals surface area contributed by atoms with Crippen molar-refractivity contribution < 1.29 is 14.5 Å². The number of hydrogen-bond acceptors (Lipinski definition) is 3. The Balaban J connectivity index is 0.000000213. The van der Waals surface area contributed by atoms with Gasteiger partial charge >= 0.3 is 7.69 Å². The summed E-state index contributed by atoms with van der Waals surface area (Å²) in [7, 11) is 0. The molecule has 3 nitrogen and oxygen atoms in total. The first kappa shape index (κ1) is 8.84. The average molecular weight is 163 g/mol. The van der Waals surface area contributed by atoms with Crippen molar-refractivity contribution in [3.8, 4) is 0 Å². The Morgan fingerprint density at radius 3 is 2.42 bits per heavy atom. The molecular weight excluding hydrogens is 155 g/mol. The molecule has 0 saturated carbocycles. The van der Waals surface area contributed by atoms with E-state index in [0.29, 0.717) is 0 Å². The van der Waals surface area contributed by atoms with Gasteiger partial charge in [0.05, 0.1) is 6.26 Å². The van der Waals surface area contributed by atoms with Crippen LogP contribution in [0.4, 0.5) is 0 Å². The van der Waals surface area contributed by atoms with Gasteiger partial charge in [-0.1, -0.05) is 18.2 Å². The van der Waals surface area contributed by atoms with E-state index in [-0.39, 0.29) is 7.69 Å². The lowest BCUT2D eigenvalue weighted by Crippen LogP contribution is -1.75. The van der Waals surface area contributed by atoms with Crippen LogP contribution in [0.25, 0.3) is 11.0 Å². The van der Waals surface area contributed by atoms with Crippen LogP contribution in [0, 0.1) is 0 Å². The summed E-state index contributed by atoms with van der Waals surface area (Å²) in [5.41, 5.74) is 0.956. The van der Waals surface area contributed by atoms with Crippen LogP contribution in [0.15, 0.2) is 41.0 Å². The van der Waals surface area contributed by atoms with E-state index < -0.39 is 0 Å². The molecule has 2 aromatic rings. The molecule has 0 saturated heterocycles. The molecule has 0 amide bonds. The summed E-state index contributed by atoms with van der Waals surface area (Å²) >= 11 is 0. The lowest BCUT2D eigenvalue weighted by atomic mass is 10.3. The average Bonchev–Trinajstić information content (AvgIpc) is 2.52. The maximum Gasteiger partial charge on any atom is 0.482 e. The van der Waals surface area contributed by atoms with Gasteiger partial charge in [-0.25, -0.2) is 0 Å². The van der Waals surface area contributed by atoms with Gasteiger partial charge in [-0.3, -0.25) is 0 Å². The number of rotatable bonds is 0. The fourth-order valence-electron chi connectivity index (χ4n) is 0.906. The Morgan fingerprint density at radius 1 is 1.08 bits per heavy atom. The molecule has 0 fully saturated rings. The molecule has 0 bridgehead atoms. The van der Waals surface area contributed by atoms with E-state index >= 15 is 0 Å². The molecule has 0 aliphatic heterocycles. The molecule has 2 rings (SSSR count). The van der Waals surface area contributed by atoms with Crippen molar-refractivity contribution in [1.82, 2.24) is 0 Å². The summed E-state index contributed by atoms with van der Waals surface area (Å²) in [6.07, 6.45) is 1.70. The molecule has 1 heterocycles. The Hall–Kier alpha value is -1.26. The topological polar surface area (TPSA) is 53.6 Å². The number of benzene rings is 1. The maximum absolute atomic E-state index is 7.00. The lowest BCUT2D eigenvalue weighted by Gasteiger charge is -1.81. The second kappa shape index (κ2) is 4.59. The third-order valence-corrected chi connectivity index (χ3v) is 1.36. The van der Waals surface area contributed by atoms with Gasteiger partial charge in [-0.05, 0) is 12.1 Å². The van der Waals surface area contributed by atoms with Gasteiger partial charge in [-0.15, -0.1) is 0 Å². The first-order valence-electron chi connectivity index (χ1n) is 3.41. The lowest BCUT2D eigenvalue weighted by molar-refractivity contribution is 0.448. The minimum atomic E-state index is 0. The van der Waals surface area contributed by atoms with E-state index in [0.717, 1.165) is 11.0 Å². The molecule has 0 atom stereocenters. The van der Waals surface area contributed by atoms with Crippen molar-refractivity contribution in [1.29, 1.82) is 0 Å². The molecule has 0 unspecified atom stereocenters. The minimum absolute atomic E-state index is 0. The summed E-state index contributed by atoms with van der Waals surface area (Å²) in [4.78, 5) is 0. The Labute approximate surface area is 70.6 Å². The molecule has 2 N–H and O–H groups in total. The van der Waals surface area contributed by atoms with Gasteiger partial charge in [0.15, 0.2) is 0 Å². The van der Waals surface area contributed by atoms with E-state index in [1.807, 2.05) is 30.3 Å². The predicted molar refractivity (Wildman–Crippen MR) is 46.4 cm³/mol. The second-order valence-electron chi connectivity index (χ2n) is 2.07. The fourth-order valence-corrected chi connectivity index (χ4v) is 0.906. The third kappa shape index (κ3) is 2.12. The van der Waals surface area contributed by atoms with Crippen LogP contribution in [0.2, 0.25) is 0 Å². The monoisotopic (exact) mass is 163 g/mol. The van der Waals surface area contributed by atoms with Gasteiger partial charge in [0, 0.05) is 5.39 Å². The highest BCUT2D eigenvalue weighted by Crippen LogP contribution is 2.12. The highest BCUT2D eigenvalue weighted by atomic mass is 16.4. The fraction of sp³-hybridized carbons (Fsp3) is 0.